The van der Waals surface area contributed by atoms with E-state index in [4.69, 9.17) is 28.9 Å². The molecule has 0 fully saturated rings. The quantitative estimate of drug-likeness (QED) is 0.200. The molecule has 0 radical (unpaired) electrons. The standard InChI is InChI=1S/CH4O5S.H3O4P/c2-1-6-7(3,4)5;1-5(2,3)4/h2H,1H2,(H,3,4,5);(H3,1,2,3,4). The molecule has 0 saturated carbocycles. The fourth-order valence-electron chi connectivity index (χ4n) is 0.0666. The molecule has 0 aliphatic rings. The fourth-order valence-corrected chi connectivity index (χ4v) is 0.200. The molecule has 0 aliphatic carbocycles. The van der Waals surface area contributed by atoms with Gasteiger partial charge < -0.3 is 19.8 Å². The Morgan fingerprint density at radius 2 is 1.50 bits per heavy atom. The molecule has 0 bridgehead atoms. The van der Waals surface area contributed by atoms with E-state index in [9.17, 15) is 8.42 Å². The second-order valence-corrected chi connectivity index (χ2v) is 3.31. The molecule has 5 N–H and O–H groups in total. The summed E-state index contributed by atoms with van der Waals surface area (Å²) in [4.78, 5) is 21.6. The molecule has 12 heavy (non-hydrogen) atoms. The molecule has 11 heteroatoms. The van der Waals surface area contributed by atoms with Crippen LogP contribution in [0.15, 0.2) is 0 Å². The average molecular weight is 226 g/mol. The van der Waals surface area contributed by atoms with E-state index in [0.29, 0.717) is 0 Å². The zero-order chi connectivity index (χ0) is 10.4. The molecule has 0 aromatic carbocycles. The van der Waals surface area contributed by atoms with E-state index in [2.05, 4.69) is 4.18 Å². The summed E-state index contributed by atoms with van der Waals surface area (Å²) in [6.07, 6.45) is 0. The second-order valence-electron chi connectivity index (χ2n) is 1.19. The van der Waals surface area contributed by atoms with Gasteiger partial charge in [-0.05, 0) is 0 Å². The van der Waals surface area contributed by atoms with E-state index in [1.165, 1.54) is 0 Å². The van der Waals surface area contributed by atoms with Gasteiger partial charge in [0.05, 0.1) is 0 Å². The monoisotopic (exact) mass is 226 g/mol. The van der Waals surface area contributed by atoms with Crippen molar-refractivity contribution in [3.63, 3.8) is 0 Å². The minimum atomic E-state index is -4.64. The van der Waals surface area contributed by atoms with Crippen LogP contribution in [0.4, 0.5) is 0 Å². The van der Waals surface area contributed by atoms with Crippen molar-refractivity contribution in [2.45, 2.75) is 0 Å². The summed E-state index contributed by atoms with van der Waals surface area (Å²) in [6.45, 7) is -1.03. The van der Waals surface area contributed by atoms with Crippen molar-refractivity contribution in [1.29, 1.82) is 0 Å². The summed E-state index contributed by atoms with van der Waals surface area (Å²) in [5, 5.41) is 7.64. The summed E-state index contributed by atoms with van der Waals surface area (Å²) in [5.74, 6) is 0. The van der Waals surface area contributed by atoms with Gasteiger partial charge in [-0.3, -0.25) is 4.55 Å². The second kappa shape index (κ2) is 5.56. The first-order valence-corrected chi connectivity index (χ1v) is 5.00. The van der Waals surface area contributed by atoms with E-state index < -0.39 is 25.0 Å². The molecule has 0 aromatic heterocycles. The van der Waals surface area contributed by atoms with Crippen LogP contribution in [-0.4, -0.2) is 39.6 Å². The predicted octanol–water partition coefficient (Wildman–Crippen LogP) is -2.17. The van der Waals surface area contributed by atoms with Crippen LogP contribution < -0.4 is 0 Å². The zero-order valence-corrected chi connectivity index (χ0v) is 7.14. The van der Waals surface area contributed by atoms with Crippen molar-refractivity contribution in [3.8, 4) is 0 Å². The Morgan fingerprint density at radius 1 is 1.25 bits per heavy atom. The van der Waals surface area contributed by atoms with Crippen LogP contribution in [0.3, 0.4) is 0 Å². The third kappa shape index (κ3) is 51.2. The summed E-state index contributed by atoms with van der Waals surface area (Å²) in [5.41, 5.74) is 0. The highest BCUT2D eigenvalue weighted by molar-refractivity contribution is 7.80. The number of rotatable bonds is 2. The Balaban J connectivity index is 0. The largest absolute Gasteiger partial charge is 0.466 e. The summed E-state index contributed by atoms with van der Waals surface area (Å²) < 4.78 is 38.6. The molecule has 0 amide bonds. The summed E-state index contributed by atoms with van der Waals surface area (Å²) in [6, 6.07) is 0. The van der Waals surface area contributed by atoms with Crippen molar-refractivity contribution >= 4 is 18.2 Å². The van der Waals surface area contributed by atoms with E-state index in [0.717, 1.165) is 0 Å². The van der Waals surface area contributed by atoms with Crippen LogP contribution in [0.25, 0.3) is 0 Å². The van der Waals surface area contributed by atoms with E-state index >= 15 is 0 Å². The van der Waals surface area contributed by atoms with Crippen LogP contribution in [-0.2, 0) is 19.1 Å². The first kappa shape index (κ1) is 14.5. The molecule has 0 heterocycles. The van der Waals surface area contributed by atoms with Gasteiger partial charge in [0.25, 0.3) is 0 Å². The molecule has 76 valence electrons. The Hall–Kier alpha value is -0.0600. The first-order valence-electron chi connectivity index (χ1n) is 2.07. The Kier molecular flexibility index (Phi) is 6.70. The molecule has 0 spiro atoms. The van der Waals surface area contributed by atoms with E-state index in [-0.39, 0.29) is 0 Å². The van der Waals surface area contributed by atoms with Crippen molar-refractivity contribution in [1.82, 2.24) is 0 Å². The lowest BCUT2D eigenvalue weighted by molar-refractivity contribution is 0.0920. The smallest absolute Gasteiger partial charge is 0.369 e. The molecule has 0 saturated heterocycles. The lowest BCUT2D eigenvalue weighted by Gasteiger charge is -1.88. The van der Waals surface area contributed by atoms with E-state index in [1.807, 2.05) is 0 Å². The highest BCUT2D eigenvalue weighted by Gasteiger charge is 2.00. The minimum absolute atomic E-state index is 1.03. The molecule has 9 nitrogen and oxygen atoms in total. The fraction of sp³-hybridized carbons (Fsp3) is 1.00. The van der Waals surface area contributed by atoms with Crippen LogP contribution in [0.2, 0.25) is 0 Å². The van der Waals surface area contributed by atoms with Gasteiger partial charge in [-0.15, -0.1) is 0 Å². The van der Waals surface area contributed by atoms with Gasteiger partial charge in [0.15, 0.2) is 6.79 Å². The maximum atomic E-state index is 9.40. The minimum Gasteiger partial charge on any atom is -0.369 e. The molecular formula is CH7O9PS. The molecule has 0 unspecified atom stereocenters. The van der Waals surface area contributed by atoms with Crippen molar-refractivity contribution < 1.29 is 41.5 Å². The average Bonchev–Trinajstić information content (AvgIpc) is 1.54. The number of aliphatic hydroxyl groups is 1. The highest BCUT2D eigenvalue weighted by Crippen LogP contribution is 2.25. The first-order chi connectivity index (χ1) is 5.06. The van der Waals surface area contributed by atoms with Gasteiger partial charge in [0.1, 0.15) is 0 Å². The van der Waals surface area contributed by atoms with E-state index in [1.54, 1.807) is 0 Å². The molecule has 0 atom stereocenters. The van der Waals surface area contributed by atoms with Crippen LogP contribution >= 0.6 is 7.82 Å². The molecular weight excluding hydrogens is 219 g/mol. The van der Waals surface area contributed by atoms with Crippen LogP contribution in [0, 0.1) is 0 Å². The molecule has 0 aliphatic heterocycles. The van der Waals surface area contributed by atoms with Crippen molar-refractivity contribution in [2.24, 2.45) is 0 Å². The van der Waals surface area contributed by atoms with Gasteiger partial charge in [0.2, 0.25) is 0 Å². The van der Waals surface area contributed by atoms with Gasteiger partial charge in [-0.1, -0.05) is 0 Å². The third-order valence-electron chi connectivity index (χ3n) is 0.202. The maximum Gasteiger partial charge on any atom is 0.466 e. The maximum absolute atomic E-state index is 9.40. The Labute approximate surface area is 67.4 Å². The van der Waals surface area contributed by atoms with Crippen LogP contribution in [0.5, 0.6) is 0 Å². The third-order valence-corrected chi connectivity index (χ3v) is 0.605. The van der Waals surface area contributed by atoms with Gasteiger partial charge >= 0.3 is 18.2 Å². The van der Waals surface area contributed by atoms with Gasteiger partial charge in [-0.2, -0.15) is 8.42 Å². The molecule has 0 rings (SSSR count). The number of hydrogen-bond donors (Lipinski definition) is 5. The lowest BCUT2D eigenvalue weighted by Crippen LogP contribution is -2.03. The Morgan fingerprint density at radius 3 is 1.50 bits per heavy atom. The normalized spacial score (nSPS) is 11.8. The summed E-state index contributed by atoms with van der Waals surface area (Å²) >= 11 is 0. The van der Waals surface area contributed by atoms with Crippen molar-refractivity contribution in [3.05, 3.63) is 0 Å². The SMILES string of the molecule is O=P(O)(O)O.O=S(=O)(O)OCO. The topological polar surface area (TPSA) is 162 Å². The van der Waals surface area contributed by atoms with Gasteiger partial charge in [0, 0.05) is 0 Å². The Bertz CT molecular complexity index is 225. The van der Waals surface area contributed by atoms with Crippen molar-refractivity contribution in [2.75, 3.05) is 6.79 Å². The lowest BCUT2D eigenvalue weighted by atomic mass is 11.6. The number of phosphoric acid groups is 1. The zero-order valence-electron chi connectivity index (χ0n) is 5.43. The van der Waals surface area contributed by atoms with Crippen LogP contribution in [0.1, 0.15) is 0 Å². The number of aliphatic hydroxyl groups excluding tert-OH is 1. The van der Waals surface area contributed by atoms with Gasteiger partial charge in [-0.25, -0.2) is 8.75 Å². The molecule has 0 aromatic rings. The number of hydrogen-bond acceptors (Lipinski definition) is 5. The predicted molar refractivity (Wildman–Crippen MR) is 34.0 cm³/mol. The highest BCUT2D eigenvalue weighted by atomic mass is 32.3. The summed E-state index contributed by atoms with van der Waals surface area (Å²) in [7, 11) is -9.06.